The fourth-order valence-electron chi connectivity index (χ4n) is 3.06. The van der Waals surface area contributed by atoms with E-state index in [0.29, 0.717) is 28.7 Å². The Labute approximate surface area is 174 Å². The quantitative estimate of drug-likeness (QED) is 0.558. The SMILES string of the molecule is CCn1c(=O)c(=O)[nH]c2cc(C(=O)NCc3ccc(COCC(F)(F)F)cc3)ccc21. The van der Waals surface area contributed by atoms with Crippen LogP contribution in [-0.2, 0) is 24.4 Å². The first-order valence-corrected chi connectivity index (χ1v) is 9.45. The molecule has 31 heavy (non-hydrogen) atoms. The van der Waals surface area contributed by atoms with Crippen molar-refractivity contribution in [3.63, 3.8) is 0 Å². The monoisotopic (exact) mass is 435 g/mol. The highest BCUT2D eigenvalue weighted by molar-refractivity contribution is 5.97. The lowest BCUT2D eigenvalue weighted by atomic mass is 10.1. The summed E-state index contributed by atoms with van der Waals surface area (Å²) in [6.45, 7) is 0.794. The second kappa shape index (κ2) is 9.17. The lowest BCUT2D eigenvalue weighted by Crippen LogP contribution is -2.36. The molecule has 0 atom stereocenters. The molecule has 0 saturated carbocycles. The van der Waals surface area contributed by atoms with Gasteiger partial charge in [-0.05, 0) is 36.2 Å². The molecule has 0 aliphatic carbocycles. The highest BCUT2D eigenvalue weighted by atomic mass is 19.4. The minimum Gasteiger partial charge on any atom is -0.367 e. The highest BCUT2D eigenvalue weighted by Crippen LogP contribution is 2.16. The Balaban J connectivity index is 1.64. The van der Waals surface area contributed by atoms with E-state index in [9.17, 15) is 27.6 Å². The average Bonchev–Trinajstić information content (AvgIpc) is 2.72. The summed E-state index contributed by atoms with van der Waals surface area (Å²) in [6, 6.07) is 11.3. The number of fused-ring (bicyclic) bond motifs is 1. The van der Waals surface area contributed by atoms with Gasteiger partial charge < -0.3 is 19.6 Å². The number of hydrogen-bond acceptors (Lipinski definition) is 4. The van der Waals surface area contributed by atoms with Crippen LogP contribution in [0.3, 0.4) is 0 Å². The van der Waals surface area contributed by atoms with Gasteiger partial charge in [0.2, 0.25) is 0 Å². The van der Waals surface area contributed by atoms with Gasteiger partial charge in [-0.1, -0.05) is 24.3 Å². The zero-order valence-corrected chi connectivity index (χ0v) is 16.6. The third-order valence-corrected chi connectivity index (χ3v) is 4.56. The first-order valence-electron chi connectivity index (χ1n) is 9.45. The molecule has 0 aliphatic rings. The molecule has 2 N–H and O–H groups in total. The van der Waals surface area contributed by atoms with Gasteiger partial charge in [0.05, 0.1) is 17.6 Å². The van der Waals surface area contributed by atoms with Gasteiger partial charge in [-0.2, -0.15) is 13.2 Å². The number of nitrogens with zero attached hydrogens (tertiary/aromatic N) is 1. The maximum absolute atomic E-state index is 12.5. The van der Waals surface area contributed by atoms with E-state index < -0.39 is 23.9 Å². The molecule has 1 amide bonds. The maximum Gasteiger partial charge on any atom is 0.411 e. The predicted octanol–water partition coefficient (Wildman–Crippen LogP) is 2.72. The van der Waals surface area contributed by atoms with Gasteiger partial charge >= 0.3 is 17.3 Å². The van der Waals surface area contributed by atoms with Crippen LogP contribution >= 0.6 is 0 Å². The van der Waals surface area contributed by atoms with Crippen molar-refractivity contribution in [2.24, 2.45) is 0 Å². The van der Waals surface area contributed by atoms with Gasteiger partial charge in [0.15, 0.2) is 0 Å². The van der Waals surface area contributed by atoms with Crippen molar-refractivity contribution < 1.29 is 22.7 Å². The molecular formula is C21H20F3N3O4. The first kappa shape index (κ1) is 22.3. The zero-order chi connectivity index (χ0) is 22.6. The summed E-state index contributed by atoms with van der Waals surface area (Å²) in [5.41, 5.74) is 1.13. The molecule has 3 aromatic rings. The largest absolute Gasteiger partial charge is 0.411 e. The number of aromatic amines is 1. The third kappa shape index (κ3) is 5.60. The van der Waals surface area contributed by atoms with E-state index in [1.165, 1.54) is 10.6 Å². The number of amides is 1. The summed E-state index contributed by atoms with van der Waals surface area (Å²) < 4.78 is 42.2. The van der Waals surface area contributed by atoms with Crippen LogP contribution in [0.15, 0.2) is 52.1 Å². The molecule has 1 heterocycles. The zero-order valence-electron chi connectivity index (χ0n) is 16.6. The Bertz CT molecular complexity index is 1200. The number of benzene rings is 2. The molecule has 3 rings (SSSR count). The van der Waals surface area contributed by atoms with Crippen molar-refractivity contribution in [2.45, 2.75) is 32.8 Å². The minimum absolute atomic E-state index is 0.162. The summed E-state index contributed by atoms with van der Waals surface area (Å²) in [6.07, 6.45) is -4.37. The number of halogens is 3. The summed E-state index contributed by atoms with van der Waals surface area (Å²) in [5, 5.41) is 2.74. The fraction of sp³-hybridized carbons (Fsp3) is 0.286. The van der Waals surface area contributed by atoms with Crippen LogP contribution < -0.4 is 16.4 Å². The Hall–Kier alpha value is -3.40. The van der Waals surface area contributed by atoms with Crippen LogP contribution in [0, 0.1) is 0 Å². The molecule has 0 radical (unpaired) electrons. The number of rotatable bonds is 7. The molecule has 0 bridgehead atoms. The molecule has 7 nitrogen and oxygen atoms in total. The standard InChI is InChI=1S/C21H20F3N3O4/c1-2-27-17-8-7-15(9-16(17)26-19(29)20(27)30)18(28)25-10-13-3-5-14(6-4-13)11-31-12-21(22,23)24/h3-9H,2,10-12H2,1H3,(H,25,28)(H,26,29). The van der Waals surface area contributed by atoms with Crippen LogP contribution in [-0.4, -0.2) is 28.2 Å². The minimum atomic E-state index is -4.37. The molecule has 0 unspecified atom stereocenters. The van der Waals surface area contributed by atoms with Gasteiger partial charge in [0.1, 0.15) is 6.61 Å². The number of aryl methyl sites for hydroxylation is 1. The fourth-order valence-corrected chi connectivity index (χ4v) is 3.06. The molecule has 0 aliphatic heterocycles. The van der Waals surface area contributed by atoms with Crippen LogP contribution in [0.1, 0.15) is 28.4 Å². The van der Waals surface area contributed by atoms with Crippen LogP contribution in [0.25, 0.3) is 11.0 Å². The Kier molecular flexibility index (Phi) is 6.59. The van der Waals surface area contributed by atoms with Gasteiger partial charge in [-0.3, -0.25) is 14.4 Å². The van der Waals surface area contributed by atoms with Crippen molar-refractivity contribution in [3.8, 4) is 0 Å². The number of carbonyl (C=O) groups excluding carboxylic acids is 1. The van der Waals surface area contributed by atoms with E-state index in [1.807, 2.05) is 0 Å². The van der Waals surface area contributed by atoms with Crippen molar-refractivity contribution >= 4 is 16.9 Å². The molecule has 1 aromatic heterocycles. The van der Waals surface area contributed by atoms with E-state index in [4.69, 9.17) is 0 Å². The summed E-state index contributed by atoms with van der Waals surface area (Å²) >= 11 is 0. The van der Waals surface area contributed by atoms with Crippen molar-refractivity contribution in [3.05, 3.63) is 79.9 Å². The number of carbonyl (C=O) groups is 1. The van der Waals surface area contributed by atoms with E-state index in [2.05, 4.69) is 15.0 Å². The normalized spacial score (nSPS) is 11.6. The number of H-pyrrole nitrogens is 1. The Morgan fingerprint density at radius 2 is 1.77 bits per heavy atom. The first-order chi connectivity index (χ1) is 14.7. The molecule has 164 valence electrons. The summed E-state index contributed by atoms with van der Waals surface area (Å²) in [4.78, 5) is 38.6. The van der Waals surface area contributed by atoms with Crippen molar-refractivity contribution in [2.75, 3.05) is 6.61 Å². The molecule has 10 heteroatoms. The number of alkyl halides is 3. The number of aromatic nitrogens is 2. The smallest absolute Gasteiger partial charge is 0.367 e. The van der Waals surface area contributed by atoms with Crippen molar-refractivity contribution in [1.29, 1.82) is 0 Å². The molecule has 2 aromatic carbocycles. The molecule has 0 fully saturated rings. The maximum atomic E-state index is 12.5. The van der Waals surface area contributed by atoms with Gasteiger partial charge in [-0.25, -0.2) is 0 Å². The van der Waals surface area contributed by atoms with E-state index in [0.717, 1.165) is 5.56 Å². The summed E-state index contributed by atoms with van der Waals surface area (Å²) in [5.74, 6) is -0.380. The molecule has 0 spiro atoms. The topological polar surface area (TPSA) is 93.2 Å². The van der Waals surface area contributed by atoms with Gasteiger partial charge in [0.25, 0.3) is 5.91 Å². The third-order valence-electron chi connectivity index (χ3n) is 4.56. The average molecular weight is 435 g/mol. The van der Waals surface area contributed by atoms with Crippen molar-refractivity contribution in [1.82, 2.24) is 14.9 Å². The number of hydrogen-bond donors (Lipinski definition) is 2. The lowest BCUT2D eigenvalue weighted by Gasteiger charge is -2.10. The lowest BCUT2D eigenvalue weighted by molar-refractivity contribution is -0.176. The summed E-state index contributed by atoms with van der Waals surface area (Å²) in [7, 11) is 0. The molecular weight excluding hydrogens is 415 g/mol. The highest BCUT2D eigenvalue weighted by Gasteiger charge is 2.27. The van der Waals surface area contributed by atoms with Crippen LogP contribution in [0.5, 0.6) is 0 Å². The van der Waals surface area contributed by atoms with Crippen LogP contribution in [0.2, 0.25) is 0 Å². The Morgan fingerprint density at radius 1 is 1.10 bits per heavy atom. The molecule has 0 saturated heterocycles. The van der Waals surface area contributed by atoms with Gasteiger partial charge in [0, 0.05) is 18.7 Å². The second-order valence-electron chi connectivity index (χ2n) is 6.84. The van der Waals surface area contributed by atoms with E-state index in [-0.39, 0.29) is 19.1 Å². The predicted molar refractivity (Wildman–Crippen MR) is 108 cm³/mol. The number of nitrogens with one attached hydrogen (secondary N) is 2. The van der Waals surface area contributed by atoms with E-state index >= 15 is 0 Å². The van der Waals surface area contributed by atoms with E-state index in [1.54, 1.807) is 43.3 Å². The second-order valence-corrected chi connectivity index (χ2v) is 6.84. The number of ether oxygens (including phenoxy) is 1. The Morgan fingerprint density at radius 3 is 2.42 bits per heavy atom. The van der Waals surface area contributed by atoms with Crippen LogP contribution in [0.4, 0.5) is 13.2 Å². The van der Waals surface area contributed by atoms with Gasteiger partial charge in [-0.15, -0.1) is 0 Å².